The topological polar surface area (TPSA) is 21.3 Å². The molecule has 126 valence electrons. The zero-order valence-electron chi connectivity index (χ0n) is 15.0. The highest BCUT2D eigenvalue weighted by Crippen LogP contribution is 2.35. The van der Waals surface area contributed by atoms with Crippen LogP contribution in [0, 0.1) is 11.8 Å². The zero-order valence-corrected chi connectivity index (χ0v) is 15.0. The fourth-order valence-corrected chi connectivity index (χ4v) is 3.64. The number of nitrogens with one attached hydrogen (secondary N) is 1. The summed E-state index contributed by atoms with van der Waals surface area (Å²) in [5, 5.41) is 3.82. The summed E-state index contributed by atoms with van der Waals surface area (Å²) in [4.78, 5) is 0. The molecular weight excluding hydrogens is 258 g/mol. The van der Waals surface area contributed by atoms with E-state index in [9.17, 15) is 0 Å². The van der Waals surface area contributed by atoms with Crippen molar-refractivity contribution in [2.45, 2.75) is 97.6 Å². The van der Waals surface area contributed by atoms with Crippen LogP contribution in [0.2, 0.25) is 0 Å². The fraction of sp³-hybridized carbons (Fsp3) is 1.00. The molecular formula is C19H39NO. The van der Waals surface area contributed by atoms with Crippen molar-refractivity contribution >= 4 is 0 Å². The van der Waals surface area contributed by atoms with Crippen LogP contribution >= 0.6 is 0 Å². The van der Waals surface area contributed by atoms with E-state index in [-0.39, 0.29) is 0 Å². The zero-order chi connectivity index (χ0) is 15.5. The van der Waals surface area contributed by atoms with Crippen LogP contribution < -0.4 is 5.32 Å². The number of hydrogen-bond acceptors (Lipinski definition) is 2. The lowest BCUT2D eigenvalue weighted by Gasteiger charge is -2.38. The Morgan fingerprint density at radius 2 is 1.86 bits per heavy atom. The average Bonchev–Trinajstić information content (AvgIpc) is 2.46. The van der Waals surface area contributed by atoms with E-state index < -0.39 is 0 Å². The third-order valence-corrected chi connectivity index (χ3v) is 5.06. The summed E-state index contributed by atoms with van der Waals surface area (Å²) in [5.41, 5.74) is 0. The van der Waals surface area contributed by atoms with Crippen LogP contribution in [0.1, 0.15) is 85.5 Å². The Bertz CT molecular complexity index is 238. The Morgan fingerprint density at radius 3 is 2.43 bits per heavy atom. The van der Waals surface area contributed by atoms with Crippen LogP contribution in [-0.2, 0) is 4.74 Å². The van der Waals surface area contributed by atoms with Gasteiger partial charge < -0.3 is 10.1 Å². The van der Waals surface area contributed by atoms with Crippen molar-refractivity contribution in [2.24, 2.45) is 11.8 Å². The number of hydrogen-bond donors (Lipinski definition) is 1. The van der Waals surface area contributed by atoms with Crippen LogP contribution in [0.4, 0.5) is 0 Å². The highest BCUT2D eigenvalue weighted by molar-refractivity contribution is 4.85. The Labute approximate surface area is 133 Å². The van der Waals surface area contributed by atoms with Crippen molar-refractivity contribution in [3.8, 4) is 0 Å². The van der Waals surface area contributed by atoms with Crippen LogP contribution in [0.25, 0.3) is 0 Å². The molecule has 2 heteroatoms. The maximum Gasteiger partial charge on any atom is 0.0580 e. The molecule has 2 unspecified atom stereocenters. The van der Waals surface area contributed by atoms with Gasteiger partial charge >= 0.3 is 0 Å². The summed E-state index contributed by atoms with van der Waals surface area (Å²) in [6.07, 6.45) is 12.6. The van der Waals surface area contributed by atoms with Gasteiger partial charge in [0.25, 0.3) is 0 Å². The van der Waals surface area contributed by atoms with Crippen LogP contribution in [0.15, 0.2) is 0 Å². The normalized spacial score (nSPS) is 24.6. The molecule has 2 atom stereocenters. The van der Waals surface area contributed by atoms with Gasteiger partial charge in [-0.2, -0.15) is 0 Å². The van der Waals surface area contributed by atoms with E-state index in [1.54, 1.807) is 0 Å². The summed E-state index contributed by atoms with van der Waals surface area (Å²) in [5.74, 6) is 1.82. The predicted octanol–water partition coefficient (Wildman–Crippen LogP) is 5.17. The monoisotopic (exact) mass is 297 g/mol. The molecule has 1 N–H and O–H groups in total. The first-order chi connectivity index (χ1) is 10.2. The molecule has 0 spiro atoms. The standard InChI is InChI=1S/C19H39NO/c1-5-9-10-16(7-3)12-18(20-11-6-2)13-17-14-19(15-17)21-8-4/h16-20H,5-15H2,1-4H3. The van der Waals surface area contributed by atoms with Crippen molar-refractivity contribution in [1.82, 2.24) is 5.32 Å². The van der Waals surface area contributed by atoms with Gasteiger partial charge in [0, 0.05) is 12.6 Å². The summed E-state index contributed by atoms with van der Waals surface area (Å²) in [6, 6.07) is 0.735. The number of unbranched alkanes of at least 4 members (excludes halogenated alkanes) is 1. The molecule has 0 bridgehead atoms. The lowest BCUT2D eigenvalue weighted by molar-refractivity contribution is -0.0296. The molecule has 0 amide bonds. The lowest BCUT2D eigenvalue weighted by atomic mass is 9.76. The van der Waals surface area contributed by atoms with Crippen molar-refractivity contribution in [2.75, 3.05) is 13.2 Å². The Morgan fingerprint density at radius 1 is 1.10 bits per heavy atom. The molecule has 0 aliphatic heterocycles. The first-order valence-electron chi connectivity index (χ1n) is 9.58. The van der Waals surface area contributed by atoms with Gasteiger partial charge in [-0.05, 0) is 57.4 Å². The van der Waals surface area contributed by atoms with Crippen molar-refractivity contribution < 1.29 is 4.74 Å². The SMILES string of the molecule is CCCCC(CC)CC(CC1CC(OCC)C1)NCCC. The molecule has 1 aliphatic carbocycles. The fourth-order valence-electron chi connectivity index (χ4n) is 3.64. The molecule has 0 saturated heterocycles. The smallest absolute Gasteiger partial charge is 0.0580 e. The van der Waals surface area contributed by atoms with E-state index in [1.165, 1.54) is 64.3 Å². The first-order valence-corrected chi connectivity index (χ1v) is 9.58. The second kappa shape index (κ2) is 11.5. The highest BCUT2D eigenvalue weighted by Gasteiger charge is 2.31. The molecule has 21 heavy (non-hydrogen) atoms. The minimum atomic E-state index is 0.564. The van der Waals surface area contributed by atoms with E-state index in [0.717, 1.165) is 24.5 Å². The summed E-state index contributed by atoms with van der Waals surface area (Å²) < 4.78 is 5.71. The molecule has 1 fully saturated rings. The third kappa shape index (κ3) is 7.65. The summed E-state index contributed by atoms with van der Waals surface area (Å²) >= 11 is 0. The van der Waals surface area contributed by atoms with Crippen molar-refractivity contribution in [3.05, 3.63) is 0 Å². The third-order valence-electron chi connectivity index (χ3n) is 5.06. The average molecular weight is 298 g/mol. The van der Waals surface area contributed by atoms with Gasteiger partial charge in [-0.1, -0.05) is 46.5 Å². The summed E-state index contributed by atoms with van der Waals surface area (Å²) in [6.45, 7) is 11.1. The molecule has 1 rings (SSSR count). The highest BCUT2D eigenvalue weighted by atomic mass is 16.5. The van der Waals surface area contributed by atoms with Gasteiger partial charge in [0.15, 0.2) is 0 Å². The Balaban J connectivity index is 2.33. The van der Waals surface area contributed by atoms with Gasteiger partial charge in [-0.15, -0.1) is 0 Å². The van der Waals surface area contributed by atoms with Crippen molar-refractivity contribution in [1.29, 1.82) is 0 Å². The molecule has 0 aromatic rings. The van der Waals surface area contributed by atoms with Crippen molar-refractivity contribution in [3.63, 3.8) is 0 Å². The molecule has 0 heterocycles. The van der Waals surface area contributed by atoms with Crippen LogP contribution in [-0.4, -0.2) is 25.3 Å². The van der Waals surface area contributed by atoms with Gasteiger partial charge in [-0.3, -0.25) is 0 Å². The van der Waals surface area contributed by atoms with E-state index >= 15 is 0 Å². The van der Waals surface area contributed by atoms with E-state index in [4.69, 9.17) is 4.74 Å². The van der Waals surface area contributed by atoms with Crippen LogP contribution in [0.3, 0.4) is 0 Å². The van der Waals surface area contributed by atoms with Gasteiger partial charge in [0.2, 0.25) is 0 Å². The number of ether oxygens (including phenoxy) is 1. The maximum absolute atomic E-state index is 5.71. The van der Waals surface area contributed by atoms with E-state index in [1.807, 2.05) is 0 Å². The first kappa shape index (κ1) is 19.0. The largest absolute Gasteiger partial charge is 0.378 e. The van der Waals surface area contributed by atoms with Gasteiger partial charge in [0.05, 0.1) is 6.10 Å². The summed E-state index contributed by atoms with van der Waals surface area (Å²) in [7, 11) is 0. The maximum atomic E-state index is 5.71. The van der Waals surface area contributed by atoms with Crippen LogP contribution in [0.5, 0.6) is 0 Å². The van der Waals surface area contributed by atoms with Gasteiger partial charge in [-0.25, -0.2) is 0 Å². The van der Waals surface area contributed by atoms with Gasteiger partial charge in [0.1, 0.15) is 0 Å². The molecule has 0 aromatic carbocycles. The van der Waals surface area contributed by atoms with E-state index in [0.29, 0.717) is 6.10 Å². The minimum absolute atomic E-state index is 0.564. The Hall–Kier alpha value is -0.0800. The molecule has 2 nitrogen and oxygen atoms in total. The number of rotatable bonds is 13. The molecule has 1 aliphatic rings. The molecule has 1 saturated carbocycles. The second-order valence-electron chi connectivity index (χ2n) is 6.95. The second-order valence-corrected chi connectivity index (χ2v) is 6.95. The quantitative estimate of drug-likeness (QED) is 0.506. The Kier molecular flexibility index (Phi) is 10.4. The predicted molar refractivity (Wildman–Crippen MR) is 92.8 cm³/mol. The molecule has 0 radical (unpaired) electrons. The molecule has 0 aromatic heterocycles. The van der Waals surface area contributed by atoms with E-state index in [2.05, 4.69) is 33.0 Å². The lowest BCUT2D eigenvalue weighted by Crippen LogP contribution is -2.39. The minimum Gasteiger partial charge on any atom is -0.378 e.